The number of hydrogen-bond donors (Lipinski definition) is 1. The Hall–Kier alpha value is -3.34. The third kappa shape index (κ3) is 3.83. The van der Waals surface area contributed by atoms with Crippen LogP contribution in [0.2, 0.25) is 0 Å². The molecular formula is C23H26N2O3. The van der Waals surface area contributed by atoms with Gasteiger partial charge in [-0.2, -0.15) is 4.98 Å². The summed E-state index contributed by atoms with van der Waals surface area (Å²) in [5.74, 6) is 1.36. The van der Waals surface area contributed by atoms with Crippen molar-refractivity contribution in [2.45, 2.75) is 35.1 Å². The molecule has 0 atom stereocenters. The zero-order valence-electron chi connectivity index (χ0n) is 15.9. The maximum Gasteiger partial charge on any atom is 0.293 e. The Bertz CT molecular complexity index is 1050. The normalized spacial score (nSPS) is 10.1. The first-order valence-corrected chi connectivity index (χ1v) is 8.85. The van der Waals surface area contributed by atoms with Crippen LogP contribution in [0.25, 0.3) is 39.8 Å². The molecule has 0 aliphatic carbocycles. The lowest BCUT2D eigenvalue weighted by molar-refractivity contribution is 0.420. The van der Waals surface area contributed by atoms with E-state index in [1.165, 1.54) is 0 Å². The molecular weight excluding hydrogens is 352 g/mol. The van der Waals surface area contributed by atoms with E-state index in [9.17, 15) is 5.11 Å². The summed E-state index contributed by atoms with van der Waals surface area (Å²) in [5.41, 5.74) is 4.46. The summed E-state index contributed by atoms with van der Waals surface area (Å²) in [4.78, 5) is 4.42. The van der Waals surface area contributed by atoms with Gasteiger partial charge in [-0.15, -0.1) is 0 Å². The average Bonchev–Trinajstić information content (AvgIpc) is 3.34. The number of rotatable bonds is 3. The molecule has 0 bridgehead atoms. The highest BCUT2D eigenvalue weighted by atomic mass is 16.5. The van der Waals surface area contributed by atoms with Gasteiger partial charge < -0.3 is 14.0 Å². The zero-order valence-corrected chi connectivity index (χ0v) is 15.9. The second-order valence-electron chi connectivity index (χ2n) is 6.00. The highest BCUT2D eigenvalue weighted by molar-refractivity contribution is 5.87. The molecule has 2 heterocycles. The van der Waals surface area contributed by atoms with Crippen molar-refractivity contribution >= 4 is 16.7 Å². The van der Waals surface area contributed by atoms with Crippen LogP contribution in [0.4, 0.5) is 0 Å². The molecule has 1 N–H and O–H groups in total. The molecule has 2 aromatic heterocycles. The molecule has 0 aliphatic rings. The molecule has 0 saturated heterocycles. The smallest absolute Gasteiger partial charge is 0.293 e. The lowest BCUT2D eigenvalue weighted by Crippen LogP contribution is -1.84. The fourth-order valence-corrected chi connectivity index (χ4v) is 2.75. The highest BCUT2D eigenvalue weighted by Crippen LogP contribution is 2.32. The molecule has 0 spiro atoms. The number of benzene rings is 2. The third-order valence-electron chi connectivity index (χ3n) is 4.21. The van der Waals surface area contributed by atoms with E-state index in [2.05, 4.69) is 22.8 Å². The van der Waals surface area contributed by atoms with Gasteiger partial charge in [-0.1, -0.05) is 69.4 Å². The second-order valence-corrected chi connectivity index (χ2v) is 6.00. The number of nitrogens with zero attached hydrogens (tertiary/aromatic N) is 2. The van der Waals surface area contributed by atoms with Crippen LogP contribution >= 0.6 is 0 Å². The first kappa shape index (κ1) is 21.0. The second kappa shape index (κ2) is 8.57. The summed E-state index contributed by atoms with van der Waals surface area (Å²) in [6.07, 6.45) is 0. The van der Waals surface area contributed by atoms with Crippen molar-refractivity contribution in [3.8, 4) is 23.0 Å². The van der Waals surface area contributed by atoms with E-state index in [0.717, 1.165) is 27.7 Å². The van der Waals surface area contributed by atoms with Crippen LogP contribution in [-0.4, -0.2) is 15.2 Å². The van der Waals surface area contributed by atoms with Gasteiger partial charge in [-0.05, 0) is 31.0 Å². The van der Waals surface area contributed by atoms with E-state index < -0.39 is 0 Å². The Balaban J connectivity index is 0.000000906. The Morgan fingerprint density at radius 1 is 1.00 bits per heavy atom. The van der Waals surface area contributed by atoms with E-state index in [1.807, 2.05) is 39.8 Å². The van der Waals surface area contributed by atoms with Crippen LogP contribution in [0.3, 0.4) is 0 Å². The predicted octanol–water partition coefficient (Wildman–Crippen LogP) is 6.96. The van der Waals surface area contributed by atoms with E-state index in [1.54, 1.807) is 24.3 Å². The van der Waals surface area contributed by atoms with Crippen molar-refractivity contribution < 1.29 is 14.0 Å². The van der Waals surface area contributed by atoms with Crippen molar-refractivity contribution in [2.24, 2.45) is 0 Å². The number of fused-ring (bicyclic) bond motifs is 1. The van der Waals surface area contributed by atoms with Crippen LogP contribution in [0.5, 0.6) is 0 Å². The van der Waals surface area contributed by atoms with Crippen molar-refractivity contribution in [3.05, 3.63) is 65.7 Å². The summed E-state index contributed by atoms with van der Waals surface area (Å²) in [7, 11) is 0. The summed E-state index contributed by atoms with van der Waals surface area (Å²) in [6, 6.07) is 13.1. The van der Waals surface area contributed by atoms with Crippen LogP contribution in [0.15, 0.2) is 58.0 Å². The first-order chi connectivity index (χ1) is 13.0. The molecule has 0 radical (unpaired) electrons. The number of aliphatic hydroxyl groups excluding tert-OH is 1. The Morgan fingerprint density at radius 3 is 2.25 bits per heavy atom. The molecule has 4 rings (SSSR count). The zero-order chi connectivity index (χ0) is 19.6. The summed E-state index contributed by atoms with van der Waals surface area (Å²) in [6.45, 7) is 11.5. The molecule has 2 aromatic carbocycles. The number of aromatic nitrogens is 2. The maximum absolute atomic E-state index is 9.40. The van der Waals surface area contributed by atoms with Crippen molar-refractivity contribution in [1.29, 1.82) is 0 Å². The number of aryl methyl sites for hydroxylation is 2. The topological polar surface area (TPSA) is 72.3 Å². The third-order valence-corrected chi connectivity index (χ3v) is 4.21. The minimum absolute atomic E-state index is 0. The van der Waals surface area contributed by atoms with Gasteiger partial charge in [-0.25, -0.2) is 0 Å². The van der Waals surface area contributed by atoms with Crippen molar-refractivity contribution in [2.75, 3.05) is 0 Å². The van der Waals surface area contributed by atoms with E-state index in [0.29, 0.717) is 23.0 Å². The first-order valence-electron chi connectivity index (χ1n) is 8.85. The van der Waals surface area contributed by atoms with Crippen LogP contribution in [0, 0.1) is 13.8 Å². The fraction of sp³-hybridized carbons (Fsp3) is 0.217. The standard InChI is InChI=1S/C20H16N2O3.C2H6.CH4/c1-11-4-5-12(2)18-16(11)10-17(24-18)20-21-19(22-25-20)15-8-6-14(7-9-15)13(3)23;1-2;/h4-10,23H,3H2,1-2H3;1-2H3;1H4. The van der Waals surface area contributed by atoms with Crippen LogP contribution < -0.4 is 0 Å². The Kier molecular flexibility index (Phi) is 6.41. The van der Waals surface area contributed by atoms with Crippen molar-refractivity contribution in [1.82, 2.24) is 10.1 Å². The van der Waals surface area contributed by atoms with Gasteiger partial charge in [0.15, 0.2) is 5.76 Å². The summed E-state index contributed by atoms with van der Waals surface area (Å²) < 4.78 is 11.3. The fourth-order valence-electron chi connectivity index (χ4n) is 2.75. The lowest BCUT2D eigenvalue weighted by Gasteiger charge is -1.98. The summed E-state index contributed by atoms with van der Waals surface area (Å²) in [5, 5.41) is 14.5. The molecule has 0 unspecified atom stereocenters. The van der Waals surface area contributed by atoms with E-state index in [-0.39, 0.29) is 13.2 Å². The summed E-state index contributed by atoms with van der Waals surface area (Å²) >= 11 is 0. The molecule has 5 nitrogen and oxygen atoms in total. The molecule has 0 amide bonds. The number of furan rings is 1. The largest absolute Gasteiger partial charge is 0.508 e. The monoisotopic (exact) mass is 378 g/mol. The van der Waals surface area contributed by atoms with Crippen LogP contribution in [0.1, 0.15) is 38.0 Å². The average molecular weight is 378 g/mol. The quantitative estimate of drug-likeness (QED) is 0.390. The molecule has 0 fully saturated rings. The molecule has 0 saturated carbocycles. The van der Waals surface area contributed by atoms with Gasteiger partial charge in [0.1, 0.15) is 11.3 Å². The van der Waals surface area contributed by atoms with Gasteiger partial charge in [0, 0.05) is 16.5 Å². The van der Waals surface area contributed by atoms with Crippen LogP contribution in [-0.2, 0) is 0 Å². The molecule has 0 aliphatic heterocycles. The van der Waals surface area contributed by atoms with Gasteiger partial charge in [-0.3, -0.25) is 0 Å². The Morgan fingerprint density at radius 2 is 1.64 bits per heavy atom. The minimum Gasteiger partial charge on any atom is -0.508 e. The lowest BCUT2D eigenvalue weighted by atomic mass is 10.1. The van der Waals surface area contributed by atoms with Gasteiger partial charge in [0.2, 0.25) is 5.82 Å². The highest BCUT2D eigenvalue weighted by Gasteiger charge is 2.16. The maximum atomic E-state index is 9.40. The Labute approximate surface area is 165 Å². The van der Waals surface area contributed by atoms with E-state index >= 15 is 0 Å². The SMILES string of the molecule is C.C=C(O)c1ccc(-c2noc(-c3cc4c(C)ccc(C)c4o3)n2)cc1.CC. The predicted molar refractivity (Wildman–Crippen MR) is 114 cm³/mol. The van der Waals surface area contributed by atoms with Gasteiger partial charge in [0.25, 0.3) is 5.89 Å². The van der Waals surface area contributed by atoms with Gasteiger partial charge in [0.05, 0.1) is 0 Å². The molecule has 146 valence electrons. The number of hydrogen-bond acceptors (Lipinski definition) is 5. The van der Waals surface area contributed by atoms with E-state index in [4.69, 9.17) is 8.94 Å². The molecule has 5 heteroatoms. The number of aliphatic hydroxyl groups is 1. The molecule has 28 heavy (non-hydrogen) atoms. The van der Waals surface area contributed by atoms with Crippen molar-refractivity contribution in [3.63, 3.8) is 0 Å². The van der Waals surface area contributed by atoms with Gasteiger partial charge >= 0.3 is 0 Å². The minimum atomic E-state index is 0. The molecule has 4 aromatic rings.